The van der Waals surface area contributed by atoms with E-state index in [0.717, 1.165) is 38.4 Å². The molecule has 0 atom stereocenters. The zero-order chi connectivity index (χ0) is 17.1. The van der Waals surface area contributed by atoms with Crippen molar-refractivity contribution in [2.45, 2.75) is 39.5 Å². The number of nitrogens with one attached hydrogen (secondary N) is 1. The van der Waals surface area contributed by atoms with Gasteiger partial charge in [0.1, 0.15) is 0 Å². The van der Waals surface area contributed by atoms with Gasteiger partial charge in [-0.1, -0.05) is 0 Å². The van der Waals surface area contributed by atoms with Gasteiger partial charge in [0.25, 0.3) is 0 Å². The molecule has 0 saturated carbocycles. The van der Waals surface area contributed by atoms with E-state index in [1.165, 1.54) is 7.11 Å². The first-order valence-electron chi connectivity index (χ1n) is 8.39. The van der Waals surface area contributed by atoms with Crippen LogP contribution in [-0.4, -0.2) is 62.7 Å². The highest BCUT2D eigenvalue weighted by atomic mass is 16.5. The van der Waals surface area contributed by atoms with Crippen LogP contribution in [-0.2, 0) is 19.1 Å². The van der Waals surface area contributed by atoms with Crippen molar-refractivity contribution in [3.05, 3.63) is 0 Å². The fourth-order valence-corrected chi connectivity index (χ4v) is 2.56. The number of aliphatic imine (C=N–C) groups is 1. The summed E-state index contributed by atoms with van der Waals surface area (Å²) in [7, 11) is 1.43. The first-order valence-corrected chi connectivity index (χ1v) is 8.39. The summed E-state index contributed by atoms with van der Waals surface area (Å²) in [6.45, 7) is 7.17. The Kier molecular flexibility index (Phi) is 9.09. The molecule has 0 aromatic heterocycles. The molecule has 1 aliphatic rings. The lowest BCUT2D eigenvalue weighted by Gasteiger charge is -2.33. The van der Waals surface area contributed by atoms with E-state index < -0.39 is 0 Å². The van der Waals surface area contributed by atoms with Gasteiger partial charge < -0.3 is 19.7 Å². The number of guanidine groups is 1. The second kappa shape index (κ2) is 10.9. The summed E-state index contributed by atoms with van der Waals surface area (Å²) in [6.07, 6.45) is 2.62. The summed E-state index contributed by atoms with van der Waals surface area (Å²) in [5.41, 5.74) is 0. The lowest BCUT2D eigenvalue weighted by atomic mass is 9.97. The molecule has 7 heteroatoms. The number of carbonyl (C=O) groups excluding carboxylic acids is 2. The Morgan fingerprint density at radius 2 is 1.96 bits per heavy atom. The molecule has 0 aromatic rings. The van der Waals surface area contributed by atoms with E-state index in [9.17, 15) is 9.59 Å². The Morgan fingerprint density at radius 3 is 2.52 bits per heavy atom. The summed E-state index contributed by atoms with van der Waals surface area (Å²) < 4.78 is 9.71. The lowest BCUT2D eigenvalue weighted by Crippen LogP contribution is -2.46. The Bertz CT molecular complexity index is 404. The van der Waals surface area contributed by atoms with E-state index >= 15 is 0 Å². The summed E-state index contributed by atoms with van der Waals surface area (Å²) >= 11 is 0. The summed E-state index contributed by atoms with van der Waals surface area (Å²) in [5.74, 6) is 0.537. The van der Waals surface area contributed by atoms with Crippen molar-refractivity contribution >= 4 is 17.9 Å². The van der Waals surface area contributed by atoms with Gasteiger partial charge in [-0.2, -0.15) is 0 Å². The Hall–Kier alpha value is -1.79. The molecule has 0 radical (unpaired) electrons. The predicted octanol–water partition coefficient (Wildman–Crippen LogP) is 1.18. The third-order valence-corrected chi connectivity index (χ3v) is 3.77. The van der Waals surface area contributed by atoms with E-state index in [-0.39, 0.29) is 17.9 Å². The molecule has 0 amide bonds. The maximum atomic E-state index is 11.6. The summed E-state index contributed by atoms with van der Waals surface area (Å²) in [5, 5.41) is 3.27. The molecule has 1 rings (SSSR count). The molecule has 1 saturated heterocycles. The number of likely N-dealkylation sites (tertiary alicyclic amines) is 1. The quantitative estimate of drug-likeness (QED) is 0.327. The van der Waals surface area contributed by atoms with Gasteiger partial charge in [-0.05, 0) is 33.1 Å². The number of piperidine rings is 1. The average Bonchev–Trinajstić information content (AvgIpc) is 2.57. The maximum absolute atomic E-state index is 11.6. The number of esters is 2. The van der Waals surface area contributed by atoms with Gasteiger partial charge in [-0.3, -0.25) is 14.6 Å². The minimum absolute atomic E-state index is 0.0112. The van der Waals surface area contributed by atoms with Gasteiger partial charge in [0.15, 0.2) is 5.96 Å². The number of carbonyl (C=O) groups is 2. The van der Waals surface area contributed by atoms with Crippen LogP contribution >= 0.6 is 0 Å². The molecule has 0 unspecified atom stereocenters. The molecule has 23 heavy (non-hydrogen) atoms. The Balaban J connectivity index is 2.43. The topological polar surface area (TPSA) is 80.2 Å². The van der Waals surface area contributed by atoms with Crippen molar-refractivity contribution in [1.82, 2.24) is 10.2 Å². The van der Waals surface area contributed by atoms with Crippen LogP contribution in [0.4, 0.5) is 0 Å². The molecule has 1 aliphatic heterocycles. The molecule has 0 spiro atoms. The van der Waals surface area contributed by atoms with Crippen LogP contribution < -0.4 is 5.32 Å². The lowest BCUT2D eigenvalue weighted by molar-refractivity contribution is -0.146. The third kappa shape index (κ3) is 6.88. The predicted molar refractivity (Wildman–Crippen MR) is 88.2 cm³/mol. The largest absolute Gasteiger partial charge is 0.469 e. The molecule has 1 fully saturated rings. The third-order valence-electron chi connectivity index (χ3n) is 3.77. The molecule has 1 heterocycles. The Labute approximate surface area is 138 Å². The van der Waals surface area contributed by atoms with Crippen LogP contribution in [0.5, 0.6) is 0 Å². The van der Waals surface area contributed by atoms with E-state index in [1.807, 2.05) is 6.92 Å². The molecule has 7 nitrogen and oxygen atoms in total. The zero-order valence-corrected chi connectivity index (χ0v) is 14.5. The van der Waals surface area contributed by atoms with Crippen molar-refractivity contribution in [3.63, 3.8) is 0 Å². The average molecular weight is 327 g/mol. The fourth-order valence-electron chi connectivity index (χ4n) is 2.56. The minimum atomic E-state index is -0.174. The van der Waals surface area contributed by atoms with Gasteiger partial charge in [-0.25, -0.2) is 0 Å². The SMILES string of the molecule is CCNC(=NCCCC(=O)OCC)N1CCC(C(=O)OC)CC1. The first kappa shape index (κ1) is 19.3. The van der Waals surface area contributed by atoms with Crippen molar-refractivity contribution < 1.29 is 19.1 Å². The minimum Gasteiger partial charge on any atom is -0.469 e. The van der Waals surface area contributed by atoms with Crippen molar-refractivity contribution in [1.29, 1.82) is 0 Å². The normalized spacial score (nSPS) is 16.1. The van der Waals surface area contributed by atoms with Gasteiger partial charge in [0, 0.05) is 32.6 Å². The zero-order valence-electron chi connectivity index (χ0n) is 14.5. The molecule has 1 N–H and O–H groups in total. The number of hydrogen-bond donors (Lipinski definition) is 1. The summed E-state index contributed by atoms with van der Waals surface area (Å²) in [4.78, 5) is 29.6. The standard InChI is InChI=1S/C16H29N3O4/c1-4-17-16(18-10-6-7-14(20)23-5-2)19-11-8-13(9-12-19)15(21)22-3/h13H,4-12H2,1-3H3,(H,17,18). The molecule has 132 valence electrons. The van der Waals surface area contributed by atoms with Crippen LogP contribution in [0.15, 0.2) is 4.99 Å². The highest BCUT2D eigenvalue weighted by molar-refractivity contribution is 5.80. The van der Waals surface area contributed by atoms with Crippen molar-refractivity contribution in [3.8, 4) is 0 Å². The monoisotopic (exact) mass is 327 g/mol. The number of rotatable bonds is 7. The van der Waals surface area contributed by atoms with Gasteiger partial charge in [-0.15, -0.1) is 0 Å². The van der Waals surface area contributed by atoms with Crippen LogP contribution in [0.25, 0.3) is 0 Å². The van der Waals surface area contributed by atoms with Crippen LogP contribution in [0.2, 0.25) is 0 Å². The van der Waals surface area contributed by atoms with Gasteiger partial charge >= 0.3 is 11.9 Å². The van der Waals surface area contributed by atoms with Crippen LogP contribution in [0.3, 0.4) is 0 Å². The second-order valence-corrected chi connectivity index (χ2v) is 5.43. The smallest absolute Gasteiger partial charge is 0.308 e. The van der Waals surface area contributed by atoms with Crippen molar-refractivity contribution in [2.24, 2.45) is 10.9 Å². The number of hydrogen-bond acceptors (Lipinski definition) is 5. The second-order valence-electron chi connectivity index (χ2n) is 5.43. The molecular formula is C16H29N3O4. The number of nitrogens with zero attached hydrogens (tertiary/aromatic N) is 2. The van der Waals surface area contributed by atoms with Gasteiger partial charge in [0.2, 0.25) is 0 Å². The van der Waals surface area contributed by atoms with Crippen LogP contribution in [0, 0.1) is 5.92 Å². The highest BCUT2D eigenvalue weighted by Gasteiger charge is 2.26. The molecule has 0 aromatic carbocycles. The van der Waals surface area contributed by atoms with Crippen molar-refractivity contribution in [2.75, 3.05) is 39.9 Å². The van der Waals surface area contributed by atoms with E-state index in [1.54, 1.807) is 6.92 Å². The fraction of sp³-hybridized carbons (Fsp3) is 0.812. The molecular weight excluding hydrogens is 298 g/mol. The maximum Gasteiger partial charge on any atom is 0.308 e. The first-order chi connectivity index (χ1) is 11.1. The highest BCUT2D eigenvalue weighted by Crippen LogP contribution is 2.18. The number of methoxy groups -OCH3 is 1. The Morgan fingerprint density at radius 1 is 1.26 bits per heavy atom. The van der Waals surface area contributed by atoms with E-state index in [0.29, 0.717) is 26.0 Å². The van der Waals surface area contributed by atoms with Crippen LogP contribution in [0.1, 0.15) is 39.5 Å². The van der Waals surface area contributed by atoms with Gasteiger partial charge in [0.05, 0.1) is 19.6 Å². The molecule has 0 bridgehead atoms. The van der Waals surface area contributed by atoms with E-state index in [4.69, 9.17) is 9.47 Å². The number of ether oxygens (including phenoxy) is 2. The summed E-state index contributed by atoms with van der Waals surface area (Å²) in [6, 6.07) is 0. The van der Waals surface area contributed by atoms with E-state index in [2.05, 4.69) is 15.2 Å². The molecule has 0 aliphatic carbocycles.